The molecular formula is C12H15ClN2O4. The molecule has 0 saturated carbocycles. The van der Waals surface area contributed by atoms with Crippen LogP contribution in [0.5, 0.6) is 0 Å². The molecule has 0 bridgehead atoms. The smallest absolute Gasteiger partial charge is 0.332 e. The molecule has 1 rings (SSSR count). The minimum Gasteiger partial charge on any atom is -0.479 e. The second-order valence-electron chi connectivity index (χ2n) is 3.98. The minimum atomic E-state index is -1.48. The zero-order chi connectivity index (χ0) is 14.4. The minimum absolute atomic E-state index is 0.0545. The number of anilines is 1. The summed E-state index contributed by atoms with van der Waals surface area (Å²) in [5, 5.41) is 23.0. The molecule has 2 amide bonds. The van der Waals surface area contributed by atoms with Gasteiger partial charge < -0.3 is 20.8 Å². The van der Waals surface area contributed by atoms with Crippen molar-refractivity contribution in [3.8, 4) is 0 Å². The summed E-state index contributed by atoms with van der Waals surface area (Å²) in [7, 11) is 0. The fraction of sp³-hybridized carbons (Fsp3) is 0.333. The Morgan fingerprint density at radius 1 is 1.42 bits per heavy atom. The maximum Gasteiger partial charge on any atom is 0.332 e. The van der Waals surface area contributed by atoms with Crippen molar-refractivity contribution in [3.63, 3.8) is 0 Å². The summed E-state index contributed by atoms with van der Waals surface area (Å²) >= 11 is 5.81. The Morgan fingerprint density at radius 3 is 2.74 bits per heavy atom. The zero-order valence-electron chi connectivity index (χ0n) is 10.3. The average Bonchev–Trinajstić information content (AvgIpc) is 2.33. The number of aliphatic carboxylic acids is 1. The summed E-state index contributed by atoms with van der Waals surface area (Å²) in [4.78, 5) is 21.9. The number of carbonyl (C=O) groups excluding carboxylic acids is 1. The molecule has 6 nitrogen and oxygen atoms in total. The number of benzene rings is 1. The van der Waals surface area contributed by atoms with Gasteiger partial charge in [0.15, 0.2) is 6.10 Å². The predicted molar refractivity (Wildman–Crippen MR) is 71.5 cm³/mol. The van der Waals surface area contributed by atoms with Gasteiger partial charge in [0.05, 0.1) is 0 Å². The van der Waals surface area contributed by atoms with Crippen LogP contribution in [0.4, 0.5) is 10.5 Å². The molecule has 4 N–H and O–H groups in total. The van der Waals surface area contributed by atoms with Crippen LogP contribution in [0, 0.1) is 6.92 Å². The largest absolute Gasteiger partial charge is 0.479 e. The molecule has 0 radical (unpaired) electrons. The van der Waals surface area contributed by atoms with E-state index in [0.29, 0.717) is 10.7 Å². The van der Waals surface area contributed by atoms with Gasteiger partial charge in [0.25, 0.3) is 0 Å². The number of carbonyl (C=O) groups is 2. The van der Waals surface area contributed by atoms with Crippen LogP contribution >= 0.6 is 11.6 Å². The van der Waals surface area contributed by atoms with Gasteiger partial charge >= 0.3 is 12.0 Å². The third kappa shape index (κ3) is 5.15. The lowest BCUT2D eigenvalue weighted by Crippen LogP contribution is -2.33. The lowest BCUT2D eigenvalue weighted by molar-refractivity contribution is -0.146. The first-order valence-electron chi connectivity index (χ1n) is 5.62. The van der Waals surface area contributed by atoms with Crippen molar-refractivity contribution in [2.24, 2.45) is 0 Å². The van der Waals surface area contributed by atoms with Crippen molar-refractivity contribution in [2.75, 3.05) is 11.9 Å². The first-order chi connectivity index (χ1) is 8.90. The molecule has 1 aromatic rings. The van der Waals surface area contributed by atoms with E-state index in [1.807, 2.05) is 6.92 Å². The van der Waals surface area contributed by atoms with Gasteiger partial charge in [0, 0.05) is 23.7 Å². The van der Waals surface area contributed by atoms with Gasteiger partial charge in [-0.25, -0.2) is 9.59 Å². The second-order valence-corrected chi connectivity index (χ2v) is 4.42. The maximum absolute atomic E-state index is 11.5. The number of rotatable bonds is 5. The third-order valence-electron chi connectivity index (χ3n) is 2.44. The molecule has 1 aromatic carbocycles. The summed E-state index contributed by atoms with van der Waals surface area (Å²) in [6.45, 7) is 1.87. The monoisotopic (exact) mass is 286 g/mol. The van der Waals surface area contributed by atoms with Crippen LogP contribution in [0.15, 0.2) is 18.2 Å². The van der Waals surface area contributed by atoms with E-state index in [-0.39, 0.29) is 13.0 Å². The topological polar surface area (TPSA) is 98.7 Å². The number of hydrogen-bond acceptors (Lipinski definition) is 3. The number of halogens is 1. The first-order valence-corrected chi connectivity index (χ1v) is 6.00. The van der Waals surface area contributed by atoms with Crippen molar-refractivity contribution in [3.05, 3.63) is 28.8 Å². The van der Waals surface area contributed by atoms with E-state index in [9.17, 15) is 9.59 Å². The van der Waals surface area contributed by atoms with Crippen molar-refractivity contribution in [1.82, 2.24) is 5.32 Å². The van der Waals surface area contributed by atoms with Gasteiger partial charge in [0.2, 0.25) is 0 Å². The van der Waals surface area contributed by atoms with Gasteiger partial charge in [-0.3, -0.25) is 0 Å². The van der Waals surface area contributed by atoms with Gasteiger partial charge in [-0.2, -0.15) is 0 Å². The quantitative estimate of drug-likeness (QED) is 0.661. The Hall–Kier alpha value is -1.79. The third-order valence-corrected chi connectivity index (χ3v) is 2.67. The summed E-state index contributed by atoms with van der Waals surface area (Å²) in [6, 6.07) is 4.61. The molecule has 0 fully saturated rings. The zero-order valence-corrected chi connectivity index (χ0v) is 11.1. The van der Waals surface area contributed by atoms with Crippen LogP contribution in [0.2, 0.25) is 5.02 Å². The molecule has 0 saturated heterocycles. The van der Waals surface area contributed by atoms with Crippen LogP contribution in [0.25, 0.3) is 0 Å². The number of nitrogens with one attached hydrogen (secondary N) is 2. The average molecular weight is 287 g/mol. The highest BCUT2D eigenvalue weighted by atomic mass is 35.5. The Bertz CT molecular complexity index is 479. The van der Waals surface area contributed by atoms with E-state index >= 15 is 0 Å². The standard InChI is InChI=1S/C12H15ClN2O4/c1-7-2-3-8(13)6-9(7)15-12(19)14-5-4-10(16)11(17)18/h2-3,6,10,16H,4-5H2,1H3,(H,17,18)(H2,14,15,19)/t10-/m0/s1. The van der Waals surface area contributed by atoms with Crippen molar-refractivity contribution < 1.29 is 19.8 Å². The Kier molecular flexibility index (Phi) is 5.59. The normalized spacial score (nSPS) is 11.7. The van der Waals surface area contributed by atoms with E-state index in [2.05, 4.69) is 10.6 Å². The van der Waals surface area contributed by atoms with E-state index in [0.717, 1.165) is 5.56 Å². The summed E-state index contributed by atoms with van der Waals surface area (Å²) in [5.74, 6) is -1.31. The van der Waals surface area contributed by atoms with Gasteiger partial charge in [-0.1, -0.05) is 17.7 Å². The number of urea groups is 1. The van der Waals surface area contributed by atoms with Gasteiger partial charge in [-0.05, 0) is 24.6 Å². The molecular weight excluding hydrogens is 272 g/mol. The fourth-order valence-corrected chi connectivity index (χ4v) is 1.51. The lowest BCUT2D eigenvalue weighted by atomic mass is 10.2. The van der Waals surface area contributed by atoms with Crippen LogP contribution in [-0.4, -0.2) is 34.9 Å². The van der Waals surface area contributed by atoms with Gasteiger partial charge in [0.1, 0.15) is 0 Å². The number of aryl methyl sites for hydroxylation is 1. The fourth-order valence-electron chi connectivity index (χ4n) is 1.34. The molecule has 104 valence electrons. The van der Waals surface area contributed by atoms with Crippen molar-refractivity contribution in [1.29, 1.82) is 0 Å². The van der Waals surface area contributed by atoms with E-state index in [1.54, 1.807) is 18.2 Å². The summed E-state index contributed by atoms with van der Waals surface area (Å²) in [6.07, 6.45) is -1.54. The SMILES string of the molecule is Cc1ccc(Cl)cc1NC(=O)NCC[C@H](O)C(=O)O. The Balaban J connectivity index is 2.43. The van der Waals surface area contributed by atoms with Crippen LogP contribution in [-0.2, 0) is 4.79 Å². The van der Waals surface area contributed by atoms with Crippen LogP contribution in [0.1, 0.15) is 12.0 Å². The second kappa shape index (κ2) is 6.96. The Morgan fingerprint density at radius 2 is 2.11 bits per heavy atom. The highest BCUT2D eigenvalue weighted by Crippen LogP contribution is 2.19. The first kappa shape index (κ1) is 15.3. The number of carboxylic acids is 1. The van der Waals surface area contributed by atoms with Crippen molar-refractivity contribution >= 4 is 29.3 Å². The van der Waals surface area contributed by atoms with E-state index < -0.39 is 18.1 Å². The number of hydrogen-bond donors (Lipinski definition) is 4. The molecule has 19 heavy (non-hydrogen) atoms. The molecule has 0 spiro atoms. The van der Waals surface area contributed by atoms with Crippen LogP contribution < -0.4 is 10.6 Å². The lowest BCUT2D eigenvalue weighted by Gasteiger charge is -2.11. The number of amides is 2. The highest BCUT2D eigenvalue weighted by molar-refractivity contribution is 6.31. The molecule has 0 aromatic heterocycles. The number of aliphatic hydroxyl groups excluding tert-OH is 1. The molecule has 7 heteroatoms. The molecule has 0 aliphatic carbocycles. The van der Waals surface area contributed by atoms with Gasteiger partial charge in [-0.15, -0.1) is 0 Å². The molecule has 0 heterocycles. The molecule has 0 aliphatic rings. The predicted octanol–water partition coefficient (Wildman–Crippen LogP) is 1.61. The summed E-state index contributed by atoms with van der Waals surface area (Å²) < 4.78 is 0. The Labute approximate surface area is 115 Å². The summed E-state index contributed by atoms with van der Waals surface area (Å²) in [5.41, 5.74) is 1.42. The van der Waals surface area contributed by atoms with Crippen molar-refractivity contribution in [2.45, 2.75) is 19.4 Å². The molecule has 0 unspecified atom stereocenters. The van der Waals surface area contributed by atoms with Crippen LogP contribution in [0.3, 0.4) is 0 Å². The number of aliphatic hydroxyl groups is 1. The maximum atomic E-state index is 11.5. The van der Waals surface area contributed by atoms with E-state index in [1.165, 1.54) is 0 Å². The molecule has 1 atom stereocenters. The molecule has 0 aliphatic heterocycles. The number of carboxylic acid groups (broad SMARTS) is 1. The highest BCUT2D eigenvalue weighted by Gasteiger charge is 2.13. The van der Waals surface area contributed by atoms with E-state index in [4.69, 9.17) is 21.8 Å².